The van der Waals surface area contributed by atoms with Crippen molar-refractivity contribution in [3.05, 3.63) is 22.8 Å². The first-order chi connectivity index (χ1) is 8.99. The average Bonchev–Trinajstić information content (AvgIpc) is 2.39. The van der Waals surface area contributed by atoms with Gasteiger partial charge in [-0.25, -0.2) is 9.97 Å². The van der Waals surface area contributed by atoms with Crippen LogP contribution < -0.4 is 0 Å². The number of nitrogens with zero attached hydrogens (tertiary/aromatic N) is 3. The lowest BCUT2D eigenvalue weighted by atomic mass is 9.97. The number of likely N-dealkylation sites (N-methyl/N-ethyl adjacent to an activating group) is 1. The lowest BCUT2D eigenvalue weighted by Gasteiger charge is -2.27. The predicted octanol–water partition coefficient (Wildman–Crippen LogP) is 3.74. The van der Waals surface area contributed by atoms with Crippen LogP contribution in [0.3, 0.4) is 0 Å². The maximum atomic E-state index is 4.78. The Labute approximate surface area is 118 Å². The second-order valence-electron chi connectivity index (χ2n) is 5.69. The van der Waals surface area contributed by atoms with Gasteiger partial charge < -0.3 is 4.90 Å². The molecule has 0 aromatic carbocycles. The largest absolute Gasteiger partial charge is 0.302 e. The van der Waals surface area contributed by atoms with E-state index in [-0.39, 0.29) is 0 Å². The van der Waals surface area contributed by atoms with Crippen molar-refractivity contribution in [3.63, 3.8) is 0 Å². The molecule has 19 heavy (non-hydrogen) atoms. The zero-order valence-electron chi connectivity index (χ0n) is 13.6. The fraction of sp³-hybridized carbons (Fsp3) is 0.750. The molecule has 0 unspecified atom stereocenters. The first-order valence-corrected chi connectivity index (χ1v) is 7.57. The van der Waals surface area contributed by atoms with Crippen LogP contribution in [-0.4, -0.2) is 28.5 Å². The van der Waals surface area contributed by atoms with Crippen molar-refractivity contribution in [2.24, 2.45) is 0 Å². The Kier molecular flexibility index (Phi) is 5.92. The van der Waals surface area contributed by atoms with Crippen LogP contribution >= 0.6 is 0 Å². The van der Waals surface area contributed by atoms with Crippen LogP contribution in [-0.2, 0) is 13.0 Å². The van der Waals surface area contributed by atoms with Crippen molar-refractivity contribution < 1.29 is 0 Å². The van der Waals surface area contributed by atoms with Crippen LogP contribution in [0.1, 0.15) is 76.2 Å². The van der Waals surface area contributed by atoms with Crippen molar-refractivity contribution in [1.82, 2.24) is 14.9 Å². The van der Waals surface area contributed by atoms with Gasteiger partial charge in [0.15, 0.2) is 0 Å². The molecule has 0 bridgehead atoms. The second kappa shape index (κ2) is 6.99. The number of rotatable bonds is 2. The molecule has 0 fully saturated rings. The molecule has 0 saturated carbocycles. The van der Waals surface area contributed by atoms with Crippen LogP contribution in [0.2, 0.25) is 0 Å². The zero-order valence-corrected chi connectivity index (χ0v) is 13.6. The first kappa shape index (κ1) is 16.1. The Balaban J connectivity index is 0.000000861. The molecule has 0 saturated heterocycles. The quantitative estimate of drug-likeness (QED) is 0.814. The number of fused-ring (bicyclic) bond motifs is 1. The molecule has 0 amide bonds. The minimum Gasteiger partial charge on any atom is -0.302 e. The van der Waals surface area contributed by atoms with Crippen LogP contribution in [0, 0.1) is 0 Å². The van der Waals surface area contributed by atoms with Gasteiger partial charge in [0.25, 0.3) is 0 Å². The number of hydrogen-bond acceptors (Lipinski definition) is 3. The number of hydrogen-bond donors (Lipinski definition) is 0. The van der Waals surface area contributed by atoms with E-state index in [1.54, 1.807) is 0 Å². The maximum absolute atomic E-state index is 4.78. The van der Waals surface area contributed by atoms with Crippen molar-refractivity contribution in [3.8, 4) is 0 Å². The van der Waals surface area contributed by atoms with E-state index in [0.717, 1.165) is 25.3 Å². The molecule has 0 atom stereocenters. The van der Waals surface area contributed by atoms with E-state index in [2.05, 4.69) is 39.6 Å². The topological polar surface area (TPSA) is 29.0 Å². The molecule has 3 nitrogen and oxygen atoms in total. The Hall–Kier alpha value is -0.960. The molecule has 0 radical (unpaired) electrons. The van der Waals surface area contributed by atoms with Gasteiger partial charge in [0.1, 0.15) is 5.82 Å². The molecule has 0 N–H and O–H groups in total. The highest BCUT2D eigenvalue weighted by Gasteiger charge is 2.22. The minimum atomic E-state index is 0.414. The third-order valence-electron chi connectivity index (χ3n) is 3.36. The highest BCUT2D eigenvalue weighted by atomic mass is 15.1. The second-order valence-corrected chi connectivity index (χ2v) is 5.69. The van der Waals surface area contributed by atoms with Crippen molar-refractivity contribution in [2.75, 3.05) is 13.6 Å². The standard InChI is InChI=1S/C14H23N3.C2H6/c1-9(2)13-11-8-17(5)7-6-12(11)15-14(16-13)10(3)4;1-2/h9-10H,6-8H2,1-5H3;1-2H3. The monoisotopic (exact) mass is 263 g/mol. The van der Waals surface area contributed by atoms with Crippen LogP contribution in [0.25, 0.3) is 0 Å². The molecular weight excluding hydrogens is 234 g/mol. The van der Waals surface area contributed by atoms with E-state index in [9.17, 15) is 0 Å². The Morgan fingerprint density at radius 1 is 1.00 bits per heavy atom. The van der Waals surface area contributed by atoms with Crippen LogP contribution in [0.5, 0.6) is 0 Å². The summed E-state index contributed by atoms with van der Waals surface area (Å²) in [6, 6.07) is 0. The fourth-order valence-corrected chi connectivity index (χ4v) is 2.33. The lowest BCUT2D eigenvalue weighted by Crippen LogP contribution is -2.29. The molecule has 1 aromatic rings. The van der Waals surface area contributed by atoms with E-state index in [1.165, 1.54) is 17.0 Å². The van der Waals surface area contributed by atoms with E-state index < -0.39 is 0 Å². The van der Waals surface area contributed by atoms with Gasteiger partial charge >= 0.3 is 0 Å². The third kappa shape index (κ3) is 3.75. The summed E-state index contributed by atoms with van der Waals surface area (Å²) in [6.07, 6.45) is 1.06. The molecule has 2 heterocycles. The van der Waals surface area contributed by atoms with Crippen molar-refractivity contribution >= 4 is 0 Å². The third-order valence-corrected chi connectivity index (χ3v) is 3.36. The van der Waals surface area contributed by atoms with Gasteiger partial charge in [-0.3, -0.25) is 0 Å². The summed E-state index contributed by atoms with van der Waals surface area (Å²) in [5, 5.41) is 0. The molecule has 1 aromatic heterocycles. The normalized spacial score (nSPS) is 15.2. The molecule has 0 aliphatic carbocycles. The minimum absolute atomic E-state index is 0.414. The molecule has 0 spiro atoms. The van der Waals surface area contributed by atoms with E-state index >= 15 is 0 Å². The molecule has 2 rings (SSSR count). The molecular formula is C16H29N3. The summed E-state index contributed by atoms with van der Waals surface area (Å²) in [5.74, 6) is 1.91. The highest BCUT2D eigenvalue weighted by molar-refractivity contribution is 5.30. The summed E-state index contributed by atoms with van der Waals surface area (Å²) < 4.78 is 0. The van der Waals surface area contributed by atoms with Gasteiger partial charge in [-0.2, -0.15) is 0 Å². The number of aromatic nitrogens is 2. The summed E-state index contributed by atoms with van der Waals surface area (Å²) in [6.45, 7) is 14.9. The van der Waals surface area contributed by atoms with Crippen LogP contribution in [0.15, 0.2) is 0 Å². The Bertz CT molecular complexity index is 411. The van der Waals surface area contributed by atoms with Crippen molar-refractivity contribution in [1.29, 1.82) is 0 Å². The Morgan fingerprint density at radius 2 is 1.63 bits per heavy atom. The summed E-state index contributed by atoms with van der Waals surface area (Å²) in [5.41, 5.74) is 3.91. The van der Waals surface area contributed by atoms with Gasteiger partial charge in [-0.05, 0) is 13.0 Å². The van der Waals surface area contributed by atoms with Gasteiger partial charge in [0, 0.05) is 31.0 Å². The molecule has 3 heteroatoms. The van der Waals surface area contributed by atoms with E-state index in [1.807, 2.05) is 13.8 Å². The lowest BCUT2D eigenvalue weighted by molar-refractivity contribution is 0.306. The van der Waals surface area contributed by atoms with Gasteiger partial charge in [0.2, 0.25) is 0 Å². The van der Waals surface area contributed by atoms with E-state index in [0.29, 0.717) is 11.8 Å². The smallest absolute Gasteiger partial charge is 0.131 e. The SMILES string of the molecule is CC.CC(C)c1nc2c(c(C(C)C)n1)CN(C)CC2. The molecule has 1 aliphatic heterocycles. The summed E-state index contributed by atoms with van der Waals surface area (Å²) in [4.78, 5) is 11.9. The van der Waals surface area contributed by atoms with Gasteiger partial charge in [-0.15, -0.1) is 0 Å². The molecule has 108 valence electrons. The average molecular weight is 263 g/mol. The zero-order chi connectivity index (χ0) is 14.6. The van der Waals surface area contributed by atoms with Crippen LogP contribution in [0.4, 0.5) is 0 Å². The highest BCUT2D eigenvalue weighted by Crippen LogP contribution is 2.26. The van der Waals surface area contributed by atoms with Crippen molar-refractivity contribution in [2.45, 2.75) is 66.3 Å². The Morgan fingerprint density at radius 3 is 2.16 bits per heavy atom. The molecule has 1 aliphatic rings. The predicted molar refractivity (Wildman–Crippen MR) is 81.6 cm³/mol. The summed E-state index contributed by atoms with van der Waals surface area (Å²) in [7, 11) is 2.17. The van der Waals surface area contributed by atoms with Gasteiger partial charge in [-0.1, -0.05) is 41.5 Å². The summed E-state index contributed by atoms with van der Waals surface area (Å²) >= 11 is 0. The fourth-order valence-electron chi connectivity index (χ4n) is 2.33. The maximum Gasteiger partial charge on any atom is 0.131 e. The van der Waals surface area contributed by atoms with E-state index in [4.69, 9.17) is 9.97 Å². The first-order valence-electron chi connectivity index (χ1n) is 7.57. The van der Waals surface area contributed by atoms with Gasteiger partial charge in [0.05, 0.1) is 11.4 Å².